The van der Waals surface area contributed by atoms with E-state index in [0.29, 0.717) is 13.1 Å². The summed E-state index contributed by atoms with van der Waals surface area (Å²) >= 11 is 0. The molecule has 0 amide bonds. The fourth-order valence-electron chi connectivity index (χ4n) is 2.06. The topological polar surface area (TPSA) is 48.7 Å². The number of hydrogen-bond acceptors (Lipinski definition) is 2. The second-order valence-corrected chi connectivity index (χ2v) is 4.84. The smallest absolute Gasteiger partial charge is 0.0703 e. The molecule has 0 aliphatic rings. The highest BCUT2D eigenvalue weighted by atomic mass is 14.9. The van der Waals surface area contributed by atoms with E-state index in [0.717, 1.165) is 16.9 Å². The van der Waals surface area contributed by atoms with Crippen LogP contribution >= 0.6 is 0 Å². The first-order valence-corrected chi connectivity index (χ1v) is 6.54. The Labute approximate surface area is 114 Å². The molecule has 1 radical (unpaired) electrons. The van der Waals surface area contributed by atoms with E-state index in [2.05, 4.69) is 43.2 Å². The monoisotopic (exact) mass is 254 g/mol. The molecule has 2 N–H and O–H groups in total. The van der Waals surface area contributed by atoms with Crippen molar-refractivity contribution in [2.45, 2.75) is 20.8 Å². The molecule has 1 aromatic carbocycles. The van der Waals surface area contributed by atoms with Crippen LogP contribution in [0.2, 0.25) is 0 Å². The molecule has 2 rings (SSSR count). The molecule has 0 atom stereocenters. The summed E-state index contributed by atoms with van der Waals surface area (Å²) in [7, 11) is 0. The second kappa shape index (κ2) is 5.85. The number of benzene rings is 1. The van der Waals surface area contributed by atoms with Crippen LogP contribution in [0, 0.1) is 20.8 Å². The van der Waals surface area contributed by atoms with Gasteiger partial charge in [-0.15, -0.1) is 0 Å². The van der Waals surface area contributed by atoms with Gasteiger partial charge in [-0.1, -0.05) is 0 Å². The summed E-state index contributed by atoms with van der Waals surface area (Å²) in [5.41, 5.74) is 14.2. The van der Waals surface area contributed by atoms with Gasteiger partial charge in [0.2, 0.25) is 0 Å². The van der Waals surface area contributed by atoms with E-state index in [1.807, 2.05) is 18.3 Å². The van der Waals surface area contributed by atoms with Gasteiger partial charge >= 0.3 is 0 Å². The van der Waals surface area contributed by atoms with Gasteiger partial charge in [0.25, 0.3) is 0 Å². The highest BCUT2D eigenvalue weighted by Crippen LogP contribution is 2.24. The van der Waals surface area contributed by atoms with Crippen molar-refractivity contribution < 1.29 is 0 Å². The lowest BCUT2D eigenvalue weighted by Crippen LogP contribution is -2.06. The Balaban J connectivity index is 2.27. The predicted molar refractivity (Wildman–Crippen MR) is 80.3 cm³/mol. The number of hydrogen-bond donors (Lipinski definition) is 1. The number of rotatable bonds is 4. The second-order valence-electron chi connectivity index (χ2n) is 4.84. The van der Waals surface area contributed by atoms with Crippen LogP contribution in [0.25, 0.3) is 11.3 Å². The Morgan fingerprint density at radius 2 is 1.79 bits per heavy atom. The summed E-state index contributed by atoms with van der Waals surface area (Å²) in [4.78, 5) is 4.49. The van der Waals surface area contributed by atoms with Crippen molar-refractivity contribution >= 4 is 5.69 Å². The minimum absolute atomic E-state index is 0.373. The summed E-state index contributed by atoms with van der Waals surface area (Å²) < 4.78 is 0. The van der Waals surface area contributed by atoms with E-state index in [1.54, 1.807) is 0 Å². The van der Waals surface area contributed by atoms with Crippen molar-refractivity contribution in [3.63, 3.8) is 0 Å². The Morgan fingerprint density at radius 1 is 1.11 bits per heavy atom. The van der Waals surface area contributed by atoms with Gasteiger partial charge in [0.05, 0.1) is 17.6 Å². The van der Waals surface area contributed by atoms with E-state index in [-0.39, 0.29) is 0 Å². The molecule has 3 nitrogen and oxygen atoms in total. The lowest BCUT2D eigenvalue weighted by atomic mass is 9.99. The SMILES string of the molecule is Cc1cc(-c2ccc(NCC[NH])cn2)cc(C)c1C. The third-order valence-corrected chi connectivity index (χ3v) is 3.44. The number of anilines is 1. The van der Waals surface area contributed by atoms with Crippen molar-refractivity contribution in [1.29, 1.82) is 0 Å². The summed E-state index contributed by atoms with van der Waals surface area (Å²) in [5, 5.41) is 3.15. The number of nitrogens with zero attached hydrogens (tertiary/aromatic N) is 1. The van der Waals surface area contributed by atoms with Crippen molar-refractivity contribution in [1.82, 2.24) is 10.7 Å². The van der Waals surface area contributed by atoms with Crippen molar-refractivity contribution in [3.8, 4) is 11.3 Å². The fraction of sp³-hybridized carbons (Fsp3) is 0.312. The van der Waals surface area contributed by atoms with Gasteiger partial charge < -0.3 is 5.32 Å². The van der Waals surface area contributed by atoms with Gasteiger partial charge in [-0.3, -0.25) is 10.7 Å². The highest BCUT2D eigenvalue weighted by Gasteiger charge is 2.04. The van der Waals surface area contributed by atoms with Crippen molar-refractivity contribution in [2.24, 2.45) is 0 Å². The van der Waals surface area contributed by atoms with Gasteiger partial charge in [-0.25, -0.2) is 0 Å². The molecule has 0 fully saturated rings. The largest absolute Gasteiger partial charge is 0.382 e. The first kappa shape index (κ1) is 13.6. The van der Waals surface area contributed by atoms with E-state index in [4.69, 9.17) is 5.73 Å². The fourth-order valence-corrected chi connectivity index (χ4v) is 2.06. The van der Waals surface area contributed by atoms with Crippen LogP contribution in [0.3, 0.4) is 0 Å². The summed E-state index contributed by atoms with van der Waals surface area (Å²) in [6, 6.07) is 8.40. The molecule has 2 aromatic rings. The van der Waals surface area contributed by atoms with Crippen LogP contribution in [0.1, 0.15) is 16.7 Å². The molecule has 1 heterocycles. The van der Waals surface area contributed by atoms with Crippen LogP contribution in [0.5, 0.6) is 0 Å². The molecular formula is C16H20N3. The third kappa shape index (κ3) is 3.12. The summed E-state index contributed by atoms with van der Waals surface area (Å²) in [6.07, 6.45) is 1.83. The normalized spacial score (nSPS) is 10.5. The van der Waals surface area contributed by atoms with Crippen LogP contribution in [0.15, 0.2) is 30.5 Å². The molecule has 0 spiro atoms. The van der Waals surface area contributed by atoms with Gasteiger partial charge in [0, 0.05) is 18.7 Å². The third-order valence-electron chi connectivity index (χ3n) is 3.44. The molecule has 0 saturated carbocycles. The van der Waals surface area contributed by atoms with Gasteiger partial charge in [-0.2, -0.15) is 0 Å². The summed E-state index contributed by atoms with van der Waals surface area (Å²) in [5.74, 6) is 0. The standard InChI is InChI=1S/C16H20N3/c1-11-8-14(9-12(2)13(11)3)16-5-4-15(10-19-16)18-7-6-17/h4-5,8-10,17-18H,6-7H2,1-3H3. The molecule has 1 aromatic heterocycles. The zero-order valence-electron chi connectivity index (χ0n) is 11.7. The maximum atomic E-state index is 7.11. The molecule has 19 heavy (non-hydrogen) atoms. The average Bonchev–Trinajstić information content (AvgIpc) is 2.42. The maximum absolute atomic E-state index is 7.11. The number of nitrogens with one attached hydrogen (secondary N) is 2. The Kier molecular flexibility index (Phi) is 4.17. The maximum Gasteiger partial charge on any atom is 0.0703 e. The first-order valence-electron chi connectivity index (χ1n) is 6.54. The lowest BCUT2D eigenvalue weighted by molar-refractivity contribution is 0.991. The average molecular weight is 254 g/mol. The van der Waals surface area contributed by atoms with E-state index >= 15 is 0 Å². The molecular weight excluding hydrogens is 234 g/mol. The number of aryl methyl sites for hydroxylation is 2. The van der Waals surface area contributed by atoms with Crippen molar-refractivity contribution in [2.75, 3.05) is 18.4 Å². The predicted octanol–water partition coefficient (Wildman–Crippen LogP) is 3.37. The minimum atomic E-state index is 0.373. The van der Waals surface area contributed by atoms with Gasteiger partial charge in [-0.05, 0) is 61.7 Å². The summed E-state index contributed by atoms with van der Waals surface area (Å²) in [6.45, 7) is 7.45. The molecule has 0 unspecified atom stereocenters. The van der Waals surface area contributed by atoms with Crippen LogP contribution in [0.4, 0.5) is 5.69 Å². The molecule has 0 bridgehead atoms. The van der Waals surface area contributed by atoms with E-state index in [9.17, 15) is 0 Å². The van der Waals surface area contributed by atoms with Crippen LogP contribution in [-0.2, 0) is 0 Å². The molecule has 0 aliphatic heterocycles. The molecule has 99 valence electrons. The quantitative estimate of drug-likeness (QED) is 0.909. The first-order chi connectivity index (χ1) is 9.11. The molecule has 3 heteroatoms. The minimum Gasteiger partial charge on any atom is -0.382 e. The van der Waals surface area contributed by atoms with Gasteiger partial charge in [0.15, 0.2) is 0 Å². The Bertz CT molecular complexity index is 536. The highest BCUT2D eigenvalue weighted by molar-refractivity contribution is 5.64. The molecule has 0 aliphatic carbocycles. The van der Waals surface area contributed by atoms with Gasteiger partial charge in [0.1, 0.15) is 0 Å². The zero-order valence-corrected chi connectivity index (χ0v) is 11.7. The van der Waals surface area contributed by atoms with E-state index in [1.165, 1.54) is 16.7 Å². The molecule has 0 saturated heterocycles. The number of pyridine rings is 1. The Hall–Kier alpha value is -1.87. The van der Waals surface area contributed by atoms with Crippen molar-refractivity contribution in [3.05, 3.63) is 47.2 Å². The lowest BCUT2D eigenvalue weighted by Gasteiger charge is -2.10. The Morgan fingerprint density at radius 3 is 2.32 bits per heavy atom. The van der Waals surface area contributed by atoms with E-state index < -0.39 is 0 Å². The number of aromatic nitrogens is 1. The van der Waals surface area contributed by atoms with Crippen LogP contribution < -0.4 is 11.1 Å². The zero-order chi connectivity index (χ0) is 13.8. The van der Waals surface area contributed by atoms with Crippen LogP contribution in [-0.4, -0.2) is 18.1 Å².